The van der Waals surface area contributed by atoms with Gasteiger partial charge in [0.15, 0.2) is 18.9 Å². The first-order valence-electron chi connectivity index (χ1n) is 9.19. The molecule has 3 aliphatic rings. The number of methoxy groups -OCH3 is 1. The monoisotopic (exact) mass is 428 g/mol. The van der Waals surface area contributed by atoms with Gasteiger partial charge in [0.05, 0.1) is 19.8 Å². The van der Waals surface area contributed by atoms with E-state index < -0.39 is 73.8 Å². The van der Waals surface area contributed by atoms with Crippen LogP contribution in [0.2, 0.25) is 0 Å². The lowest BCUT2D eigenvalue weighted by Crippen LogP contribution is -2.61. The Labute approximate surface area is 165 Å². The van der Waals surface area contributed by atoms with Gasteiger partial charge in [0.1, 0.15) is 54.9 Å². The average Bonchev–Trinajstić information content (AvgIpc) is 2.71. The second-order valence-electron chi connectivity index (χ2n) is 7.20. The summed E-state index contributed by atoms with van der Waals surface area (Å²) in [6.45, 7) is -0.714. The summed E-state index contributed by atoms with van der Waals surface area (Å²) in [5, 5.41) is 69.7. The van der Waals surface area contributed by atoms with Gasteiger partial charge in [-0.2, -0.15) is 0 Å². The van der Waals surface area contributed by atoms with E-state index >= 15 is 0 Å². The highest BCUT2D eigenvalue weighted by molar-refractivity contribution is 4.90. The van der Waals surface area contributed by atoms with Crippen molar-refractivity contribution in [3.63, 3.8) is 0 Å². The van der Waals surface area contributed by atoms with E-state index in [0.29, 0.717) is 0 Å². The molecule has 3 rings (SSSR count). The minimum Gasteiger partial charge on any atom is -0.388 e. The largest absolute Gasteiger partial charge is 0.388 e. The fourth-order valence-corrected chi connectivity index (χ4v) is 3.35. The molecule has 0 saturated carbocycles. The van der Waals surface area contributed by atoms with Crippen molar-refractivity contribution < 1.29 is 64.2 Å². The second-order valence-corrected chi connectivity index (χ2v) is 7.20. The lowest BCUT2D eigenvalue weighted by Gasteiger charge is -2.43. The topological polar surface area (TPSA) is 197 Å². The Morgan fingerprint density at radius 3 is 1.48 bits per heavy atom. The molecule has 0 unspecified atom stereocenters. The maximum Gasteiger partial charge on any atom is 0.186 e. The summed E-state index contributed by atoms with van der Waals surface area (Å²) in [4.78, 5) is 0. The molecule has 0 bridgehead atoms. The second kappa shape index (κ2) is 9.74. The van der Waals surface area contributed by atoms with Crippen LogP contribution in [-0.4, -0.2) is 136 Å². The molecular formula is C16H28O13. The molecule has 0 amide bonds. The molecule has 3 fully saturated rings. The van der Waals surface area contributed by atoms with E-state index in [2.05, 4.69) is 0 Å². The summed E-state index contributed by atoms with van der Waals surface area (Å²) in [6, 6.07) is 0. The summed E-state index contributed by atoms with van der Waals surface area (Å²) in [5.74, 6) is 0. The van der Waals surface area contributed by atoms with Gasteiger partial charge in [-0.05, 0) is 0 Å². The number of hydrogen-bond donors (Lipinski definition) is 7. The first-order chi connectivity index (χ1) is 13.7. The molecule has 13 heteroatoms. The molecular weight excluding hydrogens is 400 g/mol. The predicted molar refractivity (Wildman–Crippen MR) is 88.0 cm³/mol. The van der Waals surface area contributed by atoms with E-state index in [9.17, 15) is 35.7 Å². The highest BCUT2D eigenvalue weighted by Crippen LogP contribution is 2.27. The van der Waals surface area contributed by atoms with Crippen LogP contribution in [0.15, 0.2) is 0 Å². The Morgan fingerprint density at radius 1 is 0.552 bits per heavy atom. The summed E-state index contributed by atoms with van der Waals surface area (Å²) < 4.78 is 31.4. The van der Waals surface area contributed by atoms with E-state index in [1.54, 1.807) is 0 Å². The Morgan fingerprint density at radius 2 is 0.966 bits per heavy atom. The summed E-state index contributed by atoms with van der Waals surface area (Å²) in [7, 11) is 1.30. The Kier molecular flexibility index (Phi) is 7.77. The van der Waals surface area contributed by atoms with E-state index in [0.717, 1.165) is 0 Å². The third kappa shape index (κ3) is 4.88. The van der Waals surface area contributed by atoms with Crippen molar-refractivity contribution in [3.8, 4) is 0 Å². The molecule has 0 aromatic carbocycles. The van der Waals surface area contributed by atoms with E-state index in [1.165, 1.54) is 7.11 Å². The van der Waals surface area contributed by atoms with E-state index in [1.807, 2.05) is 0 Å². The molecule has 7 N–H and O–H groups in total. The van der Waals surface area contributed by atoms with Gasteiger partial charge in [0, 0.05) is 7.11 Å². The number of aliphatic hydroxyl groups is 7. The smallest absolute Gasteiger partial charge is 0.186 e. The first kappa shape index (κ1) is 23.1. The Balaban J connectivity index is 1.54. The third-order valence-electron chi connectivity index (χ3n) is 5.17. The van der Waals surface area contributed by atoms with Crippen molar-refractivity contribution in [2.45, 2.75) is 73.8 Å². The normalized spacial score (nSPS) is 51.7. The van der Waals surface area contributed by atoms with Crippen LogP contribution in [0, 0.1) is 0 Å². The van der Waals surface area contributed by atoms with Crippen LogP contribution in [0.3, 0.4) is 0 Å². The number of hydrogen-bond acceptors (Lipinski definition) is 13. The van der Waals surface area contributed by atoms with Crippen molar-refractivity contribution in [2.75, 3.05) is 26.9 Å². The Hall–Kier alpha value is -0.520. The molecule has 13 nitrogen and oxygen atoms in total. The number of aliphatic hydroxyl groups excluding tert-OH is 7. The fourth-order valence-electron chi connectivity index (χ4n) is 3.35. The summed E-state index contributed by atoms with van der Waals surface area (Å²) >= 11 is 0. The van der Waals surface area contributed by atoms with Crippen LogP contribution >= 0.6 is 0 Å². The molecule has 3 saturated heterocycles. The molecule has 12 atom stereocenters. The van der Waals surface area contributed by atoms with Gasteiger partial charge in [-0.15, -0.1) is 0 Å². The van der Waals surface area contributed by atoms with Crippen LogP contribution in [0.1, 0.15) is 0 Å². The predicted octanol–water partition coefficient (Wildman–Crippen LogP) is -5.00. The fraction of sp³-hybridized carbons (Fsp3) is 1.00. The zero-order chi connectivity index (χ0) is 21.3. The van der Waals surface area contributed by atoms with Gasteiger partial charge < -0.3 is 64.2 Å². The molecule has 0 aromatic heterocycles. The van der Waals surface area contributed by atoms with Crippen LogP contribution in [0.25, 0.3) is 0 Å². The van der Waals surface area contributed by atoms with Gasteiger partial charge in [-0.1, -0.05) is 0 Å². The highest BCUT2D eigenvalue weighted by Gasteiger charge is 2.47. The zero-order valence-electron chi connectivity index (χ0n) is 15.6. The van der Waals surface area contributed by atoms with Crippen LogP contribution in [-0.2, 0) is 28.4 Å². The Bertz CT molecular complexity index is 523. The van der Waals surface area contributed by atoms with Crippen molar-refractivity contribution in [1.82, 2.24) is 0 Å². The van der Waals surface area contributed by atoms with Crippen LogP contribution < -0.4 is 0 Å². The first-order valence-corrected chi connectivity index (χ1v) is 9.19. The minimum atomic E-state index is -1.60. The van der Waals surface area contributed by atoms with Crippen molar-refractivity contribution >= 4 is 0 Å². The number of ether oxygens (including phenoxy) is 6. The molecule has 3 heterocycles. The SMILES string of the molecule is CO[C@@H]1OC[C@@H](O[C@@H]2OC[C@@H](O[C@@H]3OC[C@@H](O)[C@H](O)[C@H]3O)[C@H](O)[C@H]2O)[C@H](O)[C@H]1O. The lowest BCUT2D eigenvalue weighted by molar-refractivity contribution is -0.347. The molecule has 170 valence electrons. The van der Waals surface area contributed by atoms with Crippen molar-refractivity contribution in [3.05, 3.63) is 0 Å². The van der Waals surface area contributed by atoms with Crippen molar-refractivity contribution in [1.29, 1.82) is 0 Å². The lowest BCUT2D eigenvalue weighted by atomic mass is 10.0. The van der Waals surface area contributed by atoms with Crippen LogP contribution in [0.5, 0.6) is 0 Å². The molecule has 29 heavy (non-hydrogen) atoms. The molecule has 0 radical (unpaired) electrons. The number of rotatable bonds is 5. The van der Waals surface area contributed by atoms with Crippen molar-refractivity contribution in [2.24, 2.45) is 0 Å². The maximum absolute atomic E-state index is 10.3. The van der Waals surface area contributed by atoms with Gasteiger partial charge >= 0.3 is 0 Å². The van der Waals surface area contributed by atoms with Crippen LogP contribution in [0.4, 0.5) is 0 Å². The average molecular weight is 428 g/mol. The summed E-state index contributed by atoms with van der Waals surface area (Å²) in [5.41, 5.74) is 0. The third-order valence-corrected chi connectivity index (χ3v) is 5.17. The molecule has 3 aliphatic heterocycles. The van der Waals surface area contributed by atoms with Gasteiger partial charge in [-0.25, -0.2) is 0 Å². The summed E-state index contributed by atoms with van der Waals surface area (Å²) in [6.07, 6.45) is -16.2. The molecule has 0 aromatic rings. The molecule has 0 spiro atoms. The zero-order valence-corrected chi connectivity index (χ0v) is 15.6. The standard InChI is InChI=1S/C16H28O13/c1-24-14-12(22)9(19)6(3-26-14)29-16-13(23)10(20)7(4-27-16)28-15-11(21)8(18)5(17)2-25-15/h5-23H,2-4H2,1H3/t5-,6-,7-,8+,9+,10+,11-,12-,13-,14-,15+,16+/m1/s1. The van der Waals surface area contributed by atoms with E-state index in [4.69, 9.17) is 28.4 Å². The quantitative estimate of drug-likeness (QED) is 0.220. The van der Waals surface area contributed by atoms with Gasteiger partial charge in [0.25, 0.3) is 0 Å². The van der Waals surface area contributed by atoms with Gasteiger partial charge in [-0.3, -0.25) is 0 Å². The minimum absolute atomic E-state index is 0.151. The van der Waals surface area contributed by atoms with E-state index in [-0.39, 0.29) is 19.8 Å². The molecule has 0 aliphatic carbocycles. The van der Waals surface area contributed by atoms with Gasteiger partial charge in [0.2, 0.25) is 0 Å². The maximum atomic E-state index is 10.3. The highest BCUT2D eigenvalue weighted by atomic mass is 16.7.